The smallest absolute Gasteiger partial charge is 0.0596 e. The van der Waals surface area contributed by atoms with Crippen LogP contribution in [0, 0.1) is 0 Å². The fourth-order valence-electron chi connectivity index (χ4n) is 1.79. The molecule has 0 radical (unpaired) electrons. The van der Waals surface area contributed by atoms with Crippen molar-refractivity contribution in [3.63, 3.8) is 0 Å². The van der Waals surface area contributed by atoms with E-state index in [1.165, 1.54) is 11.1 Å². The zero-order valence-corrected chi connectivity index (χ0v) is 12.6. The SMILES string of the molecule is CCNC(c1cccc(Cl)c1)c1cscc1Br. The monoisotopic (exact) mass is 329 g/mol. The average Bonchev–Trinajstić information content (AvgIpc) is 2.72. The lowest BCUT2D eigenvalue weighted by Crippen LogP contribution is -2.21. The minimum Gasteiger partial charge on any atom is -0.306 e. The van der Waals surface area contributed by atoms with Gasteiger partial charge in [-0.05, 0) is 51.1 Å². The van der Waals surface area contributed by atoms with Crippen molar-refractivity contribution in [1.82, 2.24) is 5.32 Å². The predicted molar refractivity (Wildman–Crippen MR) is 79.0 cm³/mol. The van der Waals surface area contributed by atoms with E-state index in [2.05, 4.69) is 45.0 Å². The van der Waals surface area contributed by atoms with Crippen molar-refractivity contribution in [2.24, 2.45) is 0 Å². The highest BCUT2D eigenvalue weighted by molar-refractivity contribution is 9.10. The molecular weight excluding hydrogens is 318 g/mol. The Labute approximate surface area is 119 Å². The molecule has 0 aliphatic heterocycles. The van der Waals surface area contributed by atoms with Crippen LogP contribution in [0.2, 0.25) is 5.02 Å². The van der Waals surface area contributed by atoms with Gasteiger partial charge < -0.3 is 5.32 Å². The van der Waals surface area contributed by atoms with Gasteiger partial charge in [-0.3, -0.25) is 0 Å². The lowest BCUT2D eigenvalue weighted by atomic mass is 10.0. The number of benzene rings is 1. The van der Waals surface area contributed by atoms with E-state index < -0.39 is 0 Å². The molecule has 1 heterocycles. The largest absolute Gasteiger partial charge is 0.306 e. The second-order valence-corrected chi connectivity index (χ2v) is 5.76. The van der Waals surface area contributed by atoms with Crippen LogP contribution in [0.3, 0.4) is 0 Å². The summed E-state index contributed by atoms with van der Waals surface area (Å²) in [6.07, 6.45) is 0. The molecule has 1 aromatic heterocycles. The van der Waals surface area contributed by atoms with E-state index in [4.69, 9.17) is 11.6 Å². The minimum absolute atomic E-state index is 0.194. The molecule has 0 aliphatic rings. The first-order chi connectivity index (χ1) is 8.22. The second-order valence-electron chi connectivity index (χ2n) is 3.72. The molecule has 0 bridgehead atoms. The minimum atomic E-state index is 0.194. The molecule has 2 rings (SSSR count). The van der Waals surface area contributed by atoms with Gasteiger partial charge in [-0.2, -0.15) is 11.3 Å². The number of rotatable bonds is 4. The van der Waals surface area contributed by atoms with Crippen molar-refractivity contribution in [1.29, 1.82) is 0 Å². The molecule has 0 spiro atoms. The number of nitrogens with one attached hydrogen (secondary N) is 1. The van der Waals surface area contributed by atoms with Crippen LogP contribution in [0.1, 0.15) is 24.1 Å². The summed E-state index contributed by atoms with van der Waals surface area (Å²) < 4.78 is 1.15. The van der Waals surface area contributed by atoms with Gasteiger partial charge in [0.05, 0.1) is 6.04 Å². The van der Waals surface area contributed by atoms with E-state index in [0.717, 1.165) is 16.0 Å². The van der Waals surface area contributed by atoms with Gasteiger partial charge in [0.25, 0.3) is 0 Å². The first-order valence-electron chi connectivity index (χ1n) is 5.42. The van der Waals surface area contributed by atoms with Gasteiger partial charge in [-0.1, -0.05) is 30.7 Å². The number of hydrogen-bond donors (Lipinski definition) is 1. The maximum absolute atomic E-state index is 6.05. The molecule has 0 aliphatic carbocycles. The quantitative estimate of drug-likeness (QED) is 0.844. The number of hydrogen-bond acceptors (Lipinski definition) is 2. The van der Waals surface area contributed by atoms with Gasteiger partial charge in [-0.15, -0.1) is 0 Å². The van der Waals surface area contributed by atoms with Crippen molar-refractivity contribution in [2.75, 3.05) is 6.54 Å². The molecule has 1 atom stereocenters. The van der Waals surface area contributed by atoms with Crippen molar-refractivity contribution >= 4 is 38.9 Å². The fourth-order valence-corrected chi connectivity index (χ4v) is 3.55. The summed E-state index contributed by atoms with van der Waals surface area (Å²) in [5.41, 5.74) is 2.46. The van der Waals surface area contributed by atoms with E-state index in [1.807, 2.05) is 18.2 Å². The zero-order chi connectivity index (χ0) is 12.3. The summed E-state index contributed by atoms with van der Waals surface area (Å²) in [6, 6.07) is 8.20. The molecule has 0 fully saturated rings. The molecule has 1 unspecified atom stereocenters. The third-order valence-corrected chi connectivity index (χ3v) is 4.53. The molecule has 1 nitrogen and oxygen atoms in total. The highest BCUT2D eigenvalue weighted by Gasteiger charge is 2.16. The summed E-state index contributed by atoms with van der Waals surface area (Å²) >= 11 is 11.3. The van der Waals surface area contributed by atoms with Gasteiger partial charge in [-0.25, -0.2) is 0 Å². The zero-order valence-electron chi connectivity index (χ0n) is 9.41. The molecule has 0 saturated carbocycles. The van der Waals surface area contributed by atoms with Gasteiger partial charge in [0, 0.05) is 14.9 Å². The van der Waals surface area contributed by atoms with E-state index in [1.54, 1.807) is 11.3 Å². The Bertz CT molecular complexity index is 498. The van der Waals surface area contributed by atoms with Crippen molar-refractivity contribution in [2.45, 2.75) is 13.0 Å². The standard InChI is InChI=1S/C13H13BrClNS/c1-2-16-13(11-7-17-8-12(11)14)9-4-3-5-10(15)6-9/h3-8,13,16H,2H2,1H3. The highest BCUT2D eigenvalue weighted by atomic mass is 79.9. The van der Waals surface area contributed by atoms with Gasteiger partial charge in [0.15, 0.2) is 0 Å². The van der Waals surface area contributed by atoms with Crippen LogP contribution in [0.5, 0.6) is 0 Å². The van der Waals surface area contributed by atoms with Crippen LogP contribution in [0.4, 0.5) is 0 Å². The van der Waals surface area contributed by atoms with E-state index in [0.29, 0.717) is 0 Å². The van der Waals surface area contributed by atoms with Crippen molar-refractivity contribution < 1.29 is 0 Å². The Morgan fingerprint density at radius 2 is 2.24 bits per heavy atom. The average molecular weight is 331 g/mol. The Morgan fingerprint density at radius 3 is 2.82 bits per heavy atom. The maximum atomic E-state index is 6.05. The van der Waals surface area contributed by atoms with Crippen molar-refractivity contribution in [3.8, 4) is 0 Å². The lowest BCUT2D eigenvalue weighted by molar-refractivity contribution is 0.630. The summed E-state index contributed by atoms with van der Waals surface area (Å²) in [7, 11) is 0. The van der Waals surface area contributed by atoms with Gasteiger partial charge in [0.2, 0.25) is 0 Å². The molecular formula is C13H13BrClNS. The highest BCUT2D eigenvalue weighted by Crippen LogP contribution is 2.32. The van der Waals surface area contributed by atoms with Crippen LogP contribution in [-0.2, 0) is 0 Å². The third-order valence-electron chi connectivity index (χ3n) is 2.54. The summed E-state index contributed by atoms with van der Waals surface area (Å²) in [6.45, 7) is 3.03. The first kappa shape index (κ1) is 13.1. The van der Waals surface area contributed by atoms with E-state index in [9.17, 15) is 0 Å². The van der Waals surface area contributed by atoms with Crippen LogP contribution < -0.4 is 5.32 Å². The molecule has 1 N–H and O–H groups in total. The lowest BCUT2D eigenvalue weighted by Gasteiger charge is -2.18. The molecule has 1 aromatic carbocycles. The van der Waals surface area contributed by atoms with Crippen LogP contribution >= 0.6 is 38.9 Å². The predicted octanol–water partition coefficient (Wildman–Crippen LogP) is 4.86. The fraction of sp³-hybridized carbons (Fsp3) is 0.231. The Balaban J connectivity index is 2.39. The molecule has 4 heteroatoms. The van der Waals surface area contributed by atoms with Crippen LogP contribution in [0.15, 0.2) is 39.5 Å². The number of halogens is 2. The molecule has 17 heavy (non-hydrogen) atoms. The van der Waals surface area contributed by atoms with Crippen LogP contribution in [0.25, 0.3) is 0 Å². The van der Waals surface area contributed by atoms with Gasteiger partial charge in [0.1, 0.15) is 0 Å². The summed E-state index contributed by atoms with van der Waals surface area (Å²) in [5.74, 6) is 0. The first-order valence-corrected chi connectivity index (χ1v) is 7.54. The van der Waals surface area contributed by atoms with Crippen molar-refractivity contribution in [3.05, 3.63) is 55.6 Å². The summed E-state index contributed by atoms with van der Waals surface area (Å²) in [5, 5.41) is 8.53. The Morgan fingerprint density at radius 1 is 1.41 bits per heavy atom. The maximum Gasteiger partial charge on any atom is 0.0596 e. The third kappa shape index (κ3) is 3.10. The topological polar surface area (TPSA) is 12.0 Å². The van der Waals surface area contributed by atoms with Crippen LogP contribution in [-0.4, -0.2) is 6.54 Å². The second kappa shape index (κ2) is 6.01. The molecule has 0 saturated heterocycles. The van der Waals surface area contributed by atoms with Gasteiger partial charge >= 0.3 is 0 Å². The van der Waals surface area contributed by atoms with E-state index >= 15 is 0 Å². The van der Waals surface area contributed by atoms with E-state index in [-0.39, 0.29) is 6.04 Å². The summed E-state index contributed by atoms with van der Waals surface area (Å²) in [4.78, 5) is 0. The molecule has 90 valence electrons. The Hall–Kier alpha value is -0.350. The normalized spacial score (nSPS) is 12.6. The number of thiophene rings is 1. The molecule has 2 aromatic rings. The molecule has 0 amide bonds. The Kier molecular flexibility index (Phi) is 4.62.